The summed E-state index contributed by atoms with van der Waals surface area (Å²) in [6, 6.07) is 0. The Kier molecular flexibility index (Phi) is 3.95. The first kappa shape index (κ1) is 11.0. The third-order valence-electron chi connectivity index (χ3n) is 1.97. The fourth-order valence-corrected chi connectivity index (χ4v) is 1.33. The Morgan fingerprint density at radius 1 is 1.71 bits per heavy atom. The number of carbonyl (C=O) groups is 1. The van der Waals surface area contributed by atoms with E-state index in [1.807, 2.05) is 17.8 Å². The topological polar surface area (TPSA) is 38.1 Å². The molecule has 0 aliphatic heterocycles. The van der Waals surface area contributed by atoms with Gasteiger partial charge >= 0.3 is 0 Å². The summed E-state index contributed by atoms with van der Waals surface area (Å²) in [6.45, 7) is 3.42. The molecule has 1 heterocycles. The van der Waals surface area contributed by atoms with Crippen LogP contribution < -0.4 is 0 Å². The van der Waals surface area contributed by atoms with E-state index in [9.17, 15) is 4.79 Å². The van der Waals surface area contributed by atoms with Crippen LogP contribution in [0.4, 0.5) is 0 Å². The van der Waals surface area contributed by atoms with Crippen molar-refractivity contribution in [2.75, 3.05) is 12.9 Å². The molecule has 1 aromatic rings. The van der Waals surface area contributed by atoms with Crippen molar-refractivity contribution in [2.45, 2.75) is 20.0 Å². The fourth-order valence-electron chi connectivity index (χ4n) is 1.13. The van der Waals surface area contributed by atoms with Crippen molar-refractivity contribution >= 4 is 17.5 Å². The molecule has 4 nitrogen and oxygen atoms in total. The maximum Gasteiger partial charge on any atom is 0.237 e. The SMILES string of the molecule is CCn1cc(CN(C)C(=O)CCl)cn1. The van der Waals surface area contributed by atoms with Gasteiger partial charge in [-0.2, -0.15) is 5.10 Å². The largest absolute Gasteiger partial charge is 0.340 e. The molecule has 0 aliphatic rings. The molecule has 1 aromatic heterocycles. The summed E-state index contributed by atoms with van der Waals surface area (Å²) >= 11 is 5.43. The standard InChI is InChI=1S/C9H14ClN3O/c1-3-13-7-8(5-11-13)6-12(2)9(14)4-10/h5,7H,3-4,6H2,1-2H3. The molecule has 0 radical (unpaired) electrons. The quantitative estimate of drug-likeness (QED) is 0.706. The number of hydrogen-bond acceptors (Lipinski definition) is 2. The van der Waals surface area contributed by atoms with Crippen molar-refractivity contribution in [1.82, 2.24) is 14.7 Å². The summed E-state index contributed by atoms with van der Waals surface area (Å²) in [7, 11) is 1.73. The highest BCUT2D eigenvalue weighted by atomic mass is 35.5. The molecule has 0 unspecified atom stereocenters. The molecule has 1 amide bonds. The smallest absolute Gasteiger partial charge is 0.237 e. The van der Waals surface area contributed by atoms with Crippen LogP contribution >= 0.6 is 11.6 Å². The van der Waals surface area contributed by atoms with E-state index in [1.165, 1.54) is 0 Å². The highest BCUT2D eigenvalue weighted by molar-refractivity contribution is 6.27. The van der Waals surface area contributed by atoms with Crippen LogP contribution in [0.1, 0.15) is 12.5 Å². The maximum absolute atomic E-state index is 11.2. The lowest BCUT2D eigenvalue weighted by Gasteiger charge is -2.13. The highest BCUT2D eigenvalue weighted by Gasteiger charge is 2.08. The number of aromatic nitrogens is 2. The number of hydrogen-bond donors (Lipinski definition) is 0. The van der Waals surface area contributed by atoms with E-state index < -0.39 is 0 Å². The molecule has 78 valence electrons. The second kappa shape index (κ2) is 5.00. The van der Waals surface area contributed by atoms with E-state index in [1.54, 1.807) is 18.1 Å². The van der Waals surface area contributed by atoms with E-state index in [2.05, 4.69) is 5.10 Å². The Morgan fingerprint density at radius 2 is 2.43 bits per heavy atom. The Balaban J connectivity index is 2.55. The molecule has 0 fully saturated rings. The third kappa shape index (κ3) is 2.73. The molecule has 0 bridgehead atoms. The van der Waals surface area contributed by atoms with E-state index >= 15 is 0 Å². The minimum Gasteiger partial charge on any atom is -0.340 e. The molecule has 0 saturated heterocycles. The minimum atomic E-state index is -0.0732. The molecular formula is C9H14ClN3O. The summed E-state index contributed by atoms with van der Waals surface area (Å²) in [6.07, 6.45) is 3.69. The lowest BCUT2D eigenvalue weighted by atomic mass is 10.3. The maximum atomic E-state index is 11.2. The van der Waals surface area contributed by atoms with Gasteiger partial charge in [-0.15, -0.1) is 11.6 Å². The predicted octanol–water partition coefficient (Wildman–Crippen LogP) is 1.10. The van der Waals surface area contributed by atoms with E-state index in [0.717, 1.165) is 12.1 Å². The fraction of sp³-hybridized carbons (Fsp3) is 0.556. The summed E-state index contributed by atoms with van der Waals surface area (Å²) in [5, 5.41) is 4.12. The number of rotatable bonds is 4. The van der Waals surface area contributed by atoms with Crippen molar-refractivity contribution in [3.05, 3.63) is 18.0 Å². The van der Waals surface area contributed by atoms with Crippen molar-refractivity contribution < 1.29 is 4.79 Å². The molecule has 5 heteroatoms. The van der Waals surface area contributed by atoms with Gasteiger partial charge < -0.3 is 4.90 Å². The zero-order valence-corrected chi connectivity index (χ0v) is 9.16. The third-order valence-corrected chi connectivity index (χ3v) is 2.20. The summed E-state index contributed by atoms with van der Waals surface area (Å²) < 4.78 is 1.83. The zero-order chi connectivity index (χ0) is 10.6. The summed E-state index contributed by atoms with van der Waals surface area (Å²) in [5.41, 5.74) is 1.02. The lowest BCUT2D eigenvalue weighted by molar-refractivity contribution is -0.127. The first-order valence-corrected chi connectivity index (χ1v) is 5.02. The Hall–Kier alpha value is -1.03. The molecule has 0 spiro atoms. The average molecular weight is 216 g/mol. The van der Waals surface area contributed by atoms with Gasteiger partial charge in [0.25, 0.3) is 0 Å². The van der Waals surface area contributed by atoms with Gasteiger partial charge in [-0.25, -0.2) is 0 Å². The normalized spacial score (nSPS) is 10.2. The summed E-state index contributed by atoms with van der Waals surface area (Å²) in [4.78, 5) is 12.7. The average Bonchev–Trinajstić information content (AvgIpc) is 2.64. The van der Waals surface area contributed by atoms with E-state index in [0.29, 0.717) is 6.54 Å². The molecule has 1 rings (SSSR count). The van der Waals surface area contributed by atoms with Gasteiger partial charge in [0.1, 0.15) is 5.88 Å². The predicted molar refractivity (Wildman–Crippen MR) is 55.1 cm³/mol. The van der Waals surface area contributed by atoms with Crippen LogP contribution in [0.5, 0.6) is 0 Å². The number of halogens is 1. The lowest BCUT2D eigenvalue weighted by Crippen LogP contribution is -2.26. The van der Waals surface area contributed by atoms with Crippen LogP contribution in [0.2, 0.25) is 0 Å². The van der Waals surface area contributed by atoms with Gasteiger partial charge in [0.15, 0.2) is 0 Å². The van der Waals surface area contributed by atoms with Gasteiger partial charge in [-0.1, -0.05) is 0 Å². The van der Waals surface area contributed by atoms with Gasteiger partial charge in [0.05, 0.1) is 6.20 Å². The highest BCUT2D eigenvalue weighted by Crippen LogP contribution is 2.02. The number of carbonyl (C=O) groups excluding carboxylic acids is 1. The molecule has 0 aliphatic carbocycles. The first-order chi connectivity index (χ1) is 6.67. The van der Waals surface area contributed by atoms with Crippen LogP contribution in [0.3, 0.4) is 0 Å². The van der Waals surface area contributed by atoms with Crippen LogP contribution in [0.25, 0.3) is 0 Å². The van der Waals surface area contributed by atoms with Gasteiger partial charge in [-0.3, -0.25) is 9.48 Å². The summed E-state index contributed by atoms with van der Waals surface area (Å²) in [5.74, 6) is -0.0470. The molecular weight excluding hydrogens is 202 g/mol. The van der Waals surface area contributed by atoms with Crippen molar-refractivity contribution in [2.24, 2.45) is 0 Å². The van der Waals surface area contributed by atoms with Crippen molar-refractivity contribution in [1.29, 1.82) is 0 Å². The molecule has 0 atom stereocenters. The first-order valence-electron chi connectivity index (χ1n) is 4.48. The monoisotopic (exact) mass is 215 g/mol. The van der Waals surface area contributed by atoms with Crippen molar-refractivity contribution in [3.8, 4) is 0 Å². The van der Waals surface area contributed by atoms with Crippen LogP contribution in [-0.2, 0) is 17.9 Å². The minimum absolute atomic E-state index is 0.0262. The Bertz CT molecular complexity index is 311. The number of aryl methyl sites for hydroxylation is 1. The van der Waals surface area contributed by atoms with Gasteiger partial charge in [-0.05, 0) is 6.92 Å². The zero-order valence-electron chi connectivity index (χ0n) is 8.40. The van der Waals surface area contributed by atoms with Crippen LogP contribution in [0.15, 0.2) is 12.4 Å². The van der Waals surface area contributed by atoms with Crippen LogP contribution in [0, 0.1) is 0 Å². The second-order valence-corrected chi connectivity index (χ2v) is 3.35. The number of amides is 1. The second-order valence-electron chi connectivity index (χ2n) is 3.09. The van der Waals surface area contributed by atoms with Crippen LogP contribution in [-0.4, -0.2) is 33.5 Å². The van der Waals surface area contributed by atoms with E-state index in [-0.39, 0.29) is 11.8 Å². The number of nitrogens with zero attached hydrogens (tertiary/aromatic N) is 3. The van der Waals surface area contributed by atoms with E-state index in [4.69, 9.17) is 11.6 Å². The molecule has 0 N–H and O–H groups in total. The van der Waals surface area contributed by atoms with Crippen molar-refractivity contribution in [3.63, 3.8) is 0 Å². The molecule has 14 heavy (non-hydrogen) atoms. The molecule has 0 saturated carbocycles. The molecule has 0 aromatic carbocycles. The van der Waals surface area contributed by atoms with Gasteiger partial charge in [0.2, 0.25) is 5.91 Å². The Labute approximate surface area is 88.5 Å². The Morgan fingerprint density at radius 3 is 2.93 bits per heavy atom. The number of alkyl halides is 1. The van der Waals surface area contributed by atoms with Gasteiger partial charge in [0, 0.05) is 31.9 Å².